The molecule has 4 nitrogen and oxygen atoms in total. The van der Waals surface area contributed by atoms with E-state index in [-0.39, 0.29) is 0 Å². The van der Waals surface area contributed by atoms with Crippen molar-refractivity contribution in [2.45, 2.75) is 32.6 Å². The van der Waals surface area contributed by atoms with Gasteiger partial charge in [0.15, 0.2) is 0 Å². The van der Waals surface area contributed by atoms with Crippen LogP contribution in [0.15, 0.2) is 18.5 Å². The molecule has 0 amide bonds. The van der Waals surface area contributed by atoms with Gasteiger partial charge in [0.05, 0.1) is 0 Å². The third-order valence-electron chi connectivity index (χ3n) is 3.54. The summed E-state index contributed by atoms with van der Waals surface area (Å²) < 4.78 is 0. The molecule has 1 aromatic heterocycles. The molecule has 18 heavy (non-hydrogen) atoms. The van der Waals surface area contributed by atoms with Crippen molar-refractivity contribution in [3.05, 3.63) is 18.5 Å². The molecule has 0 aromatic carbocycles. The minimum absolute atomic E-state index is 0.878. The summed E-state index contributed by atoms with van der Waals surface area (Å²) >= 11 is 0. The molecule has 0 atom stereocenters. The molecular weight excluding hydrogens is 224 g/mol. The van der Waals surface area contributed by atoms with Crippen molar-refractivity contribution < 1.29 is 0 Å². The molecule has 2 heterocycles. The number of hydrogen-bond acceptors (Lipinski definition) is 4. The second-order valence-corrected chi connectivity index (χ2v) is 4.94. The summed E-state index contributed by atoms with van der Waals surface area (Å²) in [5, 5.41) is 0. The lowest BCUT2D eigenvalue weighted by Gasteiger charge is -2.34. The zero-order chi connectivity index (χ0) is 12.6. The van der Waals surface area contributed by atoms with Crippen LogP contribution in [0.3, 0.4) is 0 Å². The highest BCUT2D eigenvalue weighted by atomic mass is 15.3. The van der Waals surface area contributed by atoms with Crippen LogP contribution < -0.4 is 4.90 Å². The van der Waals surface area contributed by atoms with Crippen molar-refractivity contribution in [3.63, 3.8) is 0 Å². The minimum Gasteiger partial charge on any atom is -0.338 e. The Morgan fingerprint density at radius 1 is 1.00 bits per heavy atom. The van der Waals surface area contributed by atoms with E-state index < -0.39 is 0 Å². The van der Waals surface area contributed by atoms with E-state index in [1.54, 1.807) is 0 Å². The maximum Gasteiger partial charge on any atom is 0.225 e. The maximum absolute atomic E-state index is 4.31. The zero-order valence-electron chi connectivity index (χ0n) is 11.4. The Hall–Kier alpha value is -1.16. The molecule has 1 saturated heterocycles. The van der Waals surface area contributed by atoms with Crippen LogP contribution in [0.25, 0.3) is 0 Å². The number of rotatable bonds is 6. The summed E-state index contributed by atoms with van der Waals surface area (Å²) in [6, 6.07) is 1.87. The van der Waals surface area contributed by atoms with E-state index in [1.807, 2.05) is 18.5 Å². The van der Waals surface area contributed by atoms with Gasteiger partial charge in [-0.2, -0.15) is 0 Å². The largest absolute Gasteiger partial charge is 0.338 e. The SMILES string of the molecule is CCCCCCN1CCN(c2ncccn2)CC1. The molecule has 1 aliphatic heterocycles. The van der Waals surface area contributed by atoms with Crippen molar-refractivity contribution in [1.29, 1.82) is 0 Å². The van der Waals surface area contributed by atoms with Crippen LogP contribution in [0.5, 0.6) is 0 Å². The van der Waals surface area contributed by atoms with E-state index in [1.165, 1.54) is 32.2 Å². The first-order chi connectivity index (χ1) is 8.90. The lowest BCUT2D eigenvalue weighted by atomic mass is 10.2. The van der Waals surface area contributed by atoms with Gasteiger partial charge in [-0.1, -0.05) is 26.2 Å². The quantitative estimate of drug-likeness (QED) is 0.722. The number of aromatic nitrogens is 2. The standard InChI is InChI=1S/C14H24N4/c1-2-3-4-5-9-17-10-12-18(13-11-17)14-15-7-6-8-16-14/h6-8H,2-5,9-13H2,1H3. The molecule has 0 aliphatic carbocycles. The first-order valence-electron chi connectivity index (χ1n) is 7.14. The molecule has 0 radical (unpaired) electrons. The van der Waals surface area contributed by atoms with E-state index in [0.717, 1.165) is 32.1 Å². The summed E-state index contributed by atoms with van der Waals surface area (Å²) in [7, 11) is 0. The second kappa shape index (κ2) is 7.31. The Morgan fingerprint density at radius 2 is 1.72 bits per heavy atom. The van der Waals surface area contributed by atoms with Crippen molar-refractivity contribution in [2.75, 3.05) is 37.6 Å². The van der Waals surface area contributed by atoms with Gasteiger partial charge in [-0.05, 0) is 19.0 Å². The summed E-state index contributed by atoms with van der Waals surface area (Å²) in [6.45, 7) is 7.91. The third kappa shape index (κ3) is 3.95. The van der Waals surface area contributed by atoms with E-state index in [0.29, 0.717) is 0 Å². The van der Waals surface area contributed by atoms with Crippen LogP contribution in [-0.2, 0) is 0 Å². The Balaban J connectivity index is 1.68. The van der Waals surface area contributed by atoms with Gasteiger partial charge >= 0.3 is 0 Å². The van der Waals surface area contributed by atoms with Crippen molar-refractivity contribution in [1.82, 2.24) is 14.9 Å². The average Bonchev–Trinajstić information content (AvgIpc) is 2.45. The average molecular weight is 248 g/mol. The van der Waals surface area contributed by atoms with Crippen molar-refractivity contribution >= 4 is 5.95 Å². The molecule has 0 saturated carbocycles. The highest BCUT2D eigenvalue weighted by Crippen LogP contribution is 2.10. The summed E-state index contributed by atoms with van der Waals surface area (Å²) in [6.07, 6.45) is 9.05. The van der Waals surface area contributed by atoms with E-state index in [2.05, 4.69) is 26.7 Å². The Bertz CT molecular complexity index is 320. The number of unbranched alkanes of at least 4 members (excludes halogenated alkanes) is 3. The maximum atomic E-state index is 4.31. The van der Waals surface area contributed by atoms with Gasteiger partial charge in [0.25, 0.3) is 0 Å². The van der Waals surface area contributed by atoms with Gasteiger partial charge in [-0.25, -0.2) is 9.97 Å². The Labute approximate surface area is 110 Å². The molecule has 100 valence electrons. The normalized spacial score (nSPS) is 17.1. The summed E-state index contributed by atoms with van der Waals surface area (Å²) in [5.74, 6) is 0.878. The molecule has 4 heteroatoms. The third-order valence-corrected chi connectivity index (χ3v) is 3.54. The first kappa shape index (κ1) is 13.3. The molecule has 1 fully saturated rings. The van der Waals surface area contributed by atoms with E-state index in [9.17, 15) is 0 Å². The molecule has 0 spiro atoms. The van der Waals surface area contributed by atoms with Crippen molar-refractivity contribution in [3.8, 4) is 0 Å². The second-order valence-electron chi connectivity index (χ2n) is 4.94. The molecule has 0 N–H and O–H groups in total. The molecule has 0 unspecified atom stereocenters. The summed E-state index contributed by atoms with van der Waals surface area (Å²) in [5.41, 5.74) is 0. The smallest absolute Gasteiger partial charge is 0.225 e. The van der Waals surface area contributed by atoms with Crippen LogP contribution in [0.1, 0.15) is 32.6 Å². The Kier molecular flexibility index (Phi) is 5.39. The molecular formula is C14H24N4. The van der Waals surface area contributed by atoms with Crippen LogP contribution in [0, 0.1) is 0 Å². The first-order valence-corrected chi connectivity index (χ1v) is 7.14. The van der Waals surface area contributed by atoms with Crippen LogP contribution in [0.2, 0.25) is 0 Å². The monoisotopic (exact) mass is 248 g/mol. The number of anilines is 1. The molecule has 0 bridgehead atoms. The number of hydrogen-bond donors (Lipinski definition) is 0. The fraction of sp³-hybridized carbons (Fsp3) is 0.714. The fourth-order valence-electron chi connectivity index (χ4n) is 2.39. The number of nitrogens with zero attached hydrogens (tertiary/aromatic N) is 4. The lowest BCUT2D eigenvalue weighted by molar-refractivity contribution is 0.251. The van der Waals surface area contributed by atoms with Gasteiger partial charge in [0, 0.05) is 38.6 Å². The predicted octanol–water partition coefficient (Wildman–Crippen LogP) is 2.18. The van der Waals surface area contributed by atoms with Gasteiger partial charge in [0.2, 0.25) is 5.95 Å². The highest BCUT2D eigenvalue weighted by Gasteiger charge is 2.17. The molecule has 1 aromatic rings. The van der Waals surface area contributed by atoms with Crippen LogP contribution in [0.4, 0.5) is 5.95 Å². The topological polar surface area (TPSA) is 32.3 Å². The van der Waals surface area contributed by atoms with Gasteiger partial charge in [-0.3, -0.25) is 4.90 Å². The van der Waals surface area contributed by atoms with Crippen LogP contribution in [-0.4, -0.2) is 47.6 Å². The van der Waals surface area contributed by atoms with Crippen LogP contribution >= 0.6 is 0 Å². The Morgan fingerprint density at radius 3 is 2.39 bits per heavy atom. The zero-order valence-corrected chi connectivity index (χ0v) is 11.4. The summed E-state index contributed by atoms with van der Waals surface area (Å²) in [4.78, 5) is 13.5. The van der Waals surface area contributed by atoms with Crippen molar-refractivity contribution in [2.24, 2.45) is 0 Å². The highest BCUT2D eigenvalue weighted by molar-refractivity contribution is 5.29. The van der Waals surface area contributed by atoms with Gasteiger partial charge in [0.1, 0.15) is 0 Å². The minimum atomic E-state index is 0.878. The van der Waals surface area contributed by atoms with Gasteiger partial charge < -0.3 is 4.90 Å². The predicted molar refractivity (Wildman–Crippen MR) is 74.8 cm³/mol. The van der Waals surface area contributed by atoms with E-state index >= 15 is 0 Å². The van der Waals surface area contributed by atoms with E-state index in [4.69, 9.17) is 0 Å². The molecule has 2 rings (SSSR count). The fourth-order valence-corrected chi connectivity index (χ4v) is 2.39. The molecule has 1 aliphatic rings. The lowest BCUT2D eigenvalue weighted by Crippen LogP contribution is -2.47. The van der Waals surface area contributed by atoms with Gasteiger partial charge in [-0.15, -0.1) is 0 Å². The number of piperazine rings is 1.